The number of nitro groups is 1. The van der Waals surface area contributed by atoms with Gasteiger partial charge in [-0.3, -0.25) is 10.1 Å². The highest BCUT2D eigenvalue weighted by Crippen LogP contribution is 2.27. The van der Waals surface area contributed by atoms with Crippen LogP contribution in [-0.2, 0) is 0 Å². The number of halogens is 4. The van der Waals surface area contributed by atoms with Gasteiger partial charge in [0.1, 0.15) is 5.69 Å². The van der Waals surface area contributed by atoms with Crippen molar-refractivity contribution in [2.24, 2.45) is 0 Å². The number of nitrogens with one attached hydrogen (secondary N) is 1. The number of para-hydroxylation sites is 2. The maximum absolute atomic E-state index is 12.6. The summed E-state index contributed by atoms with van der Waals surface area (Å²) in [6, 6.07) is 4.97. The van der Waals surface area contributed by atoms with E-state index < -0.39 is 29.5 Å². The van der Waals surface area contributed by atoms with E-state index in [2.05, 4.69) is 0 Å². The molecule has 0 amide bonds. The summed E-state index contributed by atoms with van der Waals surface area (Å²) in [5, 5.41) is 12.5. The molecule has 4 nitrogen and oxygen atoms in total. The molecule has 0 saturated carbocycles. The van der Waals surface area contributed by atoms with E-state index in [4.69, 9.17) is 0 Å². The van der Waals surface area contributed by atoms with Crippen molar-refractivity contribution in [3.8, 4) is 0 Å². The number of rotatable bonds is 5. The van der Waals surface area contributed by atoms with Crippen LogP contribution in [0, 0.1) is 10.1 Å². The van der Waals surface area contributed by atoms with Gasteiger partial charge in [0.25, 0.3) is 5.69 Å². The third-order valence-electron chi connectivity index (χ3n) is 1.93. The monoisotopic (exact) mass is 252 g/mol. The fourth-order valence-electron chi connectivity index (χ4n) is 1.07. The van der Waals surface area contributed by atoms with Crippen LogP contribution in [0.5, 0.6) is 0 Å². The van der Waals surface area contributed by atoms with E-state index in [0.29, 0.717) is 0 Å². The minimum absolute atomic E-state index is 0.224. The summed E-state index contributed by atoms with van der Waals surface area (Å²) in [7, 11) is 0. The normalized spacial score (nSPS) is 11.6. The second-order valence-electron chi connectivity index (χ2n) is 3.19. The molecule has 1 rings (SSSR count). The van der Waals surface area contributed by atoms with Crippen molar-refractivity contribution < 1.29 is 22.5 Å². The van der Waals surface area contributed by atoms with Crippen molar-refractivity contribution in [3.05, 3.63) is 34.4 Å². The molecule has 1 aromatic rings. The molecule has 1 aromatic carbocycles. The molecule has 17 heavy (non-hydrogen) atoms. The van der Waals surface area contributed by atoms with Crippen molar-refractivity contribution >= 4 is 11.4 Å². The molecule has 94 valence electrons. The van der Waals surface area contributed by atoms with Crippen LogP contribution in [-0.4, -0.2) is 23.8 Å². The average molecular weight is 252 g/mol. The lowest BCUT2D eigenvalue weighted by atomic mass is 10.2. The minimum atomic E-state index is -4.23. The molecule has 0 saturated heterocycles. The highest BCUT2D eigenvalue weighted by atomic mass is 19.3. The van der Waals surface area contributed by atoms with Crippen molar-refractivity contribution in [2.45, 2.75) is 12.3 Å². The first-order valence-electron chi connectivity index (χ1n) is 4.48. The summed E-state index contributed by atoms with van der Waals surface area (Å²) < 4.78 is 48.9. The van der Waals surface area contributed by atoms with Gasteiger partial charge < -0.3 is 5.32 Å². The van der Waals surface area contributed by atoms with Gasteiger partial charge in [0.05, 0.1) is 11.5 Å². The number of nitro benzene ring substituents is 1. The Morgan fingerprint density at radius 2 is 1.94 bits per heavy atom. The number of hydrogen-bond acceptors (Lipinski definition) is 3. The van der Waals surface area contributed by atoms with Crippen molar-refractivity contribution in [1.29, 1.82) is 0 Å². The molecule has 0 aromatic heterocycles. The molecular weight excluding hydrogens is 244 g/mol. The molecule has 0 aliphatic carbocycles. The van der Waals surface area contributed by atoms with E-state index in [9.17, 15) is 27.7 Å². The van der Waals surface area contributed by atoms with Crippen LogP contribution in [0.4, 0.5) is 28.9 Å². The SMILES string of the molecule is O=[N+]([O-])c1ccccc1NCC(F)(F)C(F)F. The largest absolute Gasteiger partial charge is 0.373 e. The highest BCUT2D eigenvalue weighted by Gasteiger charge is 2.40. The van der Waals surface area contributed by atoms with Gasteiger partial charge in [-0.1, -0.05) is 12.1 Å². The van der Waals surface area contributed by atoms with E-state index >= 15 is 0 Å². The van der Waals surface area contributed by atoms with E-state index in [1.807, 2.05) is 5.32 Å². The first kappa shape index (κ1) is 13.2. The number of anilines is 1. The lowest BCUT2D eigenvalue weighted by Gasteiger charge is -2.16. The minimum Gasteiger partial charge on any atom is -0.373 e. The molecule has 8 heteroatoms. The second kappa shape index (κ2) is 4.98. The predicted molar refractivity (Wildman–Crippen MR) is 52.5 cm³/mol. The van der Waals surface area contributed by atoms with Gasteiger partial charge in [-0.05, 0) is 6.07 Å². The maximum Gasteiger partial charge on any atom is 0.324 e. The van der Waals surface area contributed by atoms with Crippen LogP contribution in [0.3, 0.4) is 0 Å². The topological polar surface area (TPSA) is 55.2 Å². The molecule has 0 aliphatic heterocycles. The van der Waals surface area contributed by atoms with Gasteiger partial charge in [0.15, 0.2) is 0 Å². The molecule has 0 bridgehead atoms. The van der Waals surface area contributed by atoms with Crippen molar-refractivity contribution in [1.82, 2.24) is 0 Å². The Balaban J connectivity index is 2.79. The standard InChI is InChI=1S/C9H8F4N2O2/c10-8(11)9(12,13)5-14-6-3-1-2-4-7(6)15(16)17/h1-4,8,14H,5H2. The van der Waals surface area contributed by atoms with Gasteiger partial charge in [-0.25, -0.2) is 8.78 Å². The van der Waals surface area contributed by atoms with Crippen LogP contribution in [0.1, 0.15) is 0 Å². The van der Waals surface area contributed by atoms with Crippen LogP contribution in [0.15, 0.2) is 24.3 Å². The summed E-state index contributed by atoms with van der Waals surface area (Å²) >= 11 is 0. The highest BCUT2D eigenvalue weighted by molar-refractivity contribution is 5.61. The number of hydrogen-bond donors (Lipinski definition) is 1. The number of benzene rings is 1. The fraction of sp³-hybridized carbons (Fsp3) is 0.333. The van der Waals surface area contributed by atoms with Crippen molar-refractivity contribution in [2.75, 3.05) is 11.9 Å². The summed E-state index contributed by atoms with van der Waals surface area (Å²) in [5.41, 5.74) is -0.671. The molecule has 0 spiro atoms. The summed E-state index contributed by atoms with van der Waals surface area (Å²) in [6.45, 7) is -1.37. The molecule has 0 unspecified atom stereocenters. The quantitative estimate of drug-likeness (QED) is 0.498. The molecule has 0 atom stereocenters. The third kappa shape index (κ3) is 3.30. The van der Waals surface area contributed by atoms with Crippen LogP contribution < -0.4 is 5.32 Å². The first-order chi connectivity index (χ1) is 7.84. The number of nitrogens with zero attached hydrogens (tertiary/aromatic N) is 1. The molecule has 1 N–H and O–H groups in total. The lowest BCUT2D eigenvalue weighted by Crippen LogP contribution is -2.34. The number of alkyl halides is 4. The summed E-state index contributed by atoms with van der Waals surface area (Å²) in [6.07, 6.45) is -3.82. The Bertz CT molecular complexity index is 412. The van der Waals surface area contributed by atoms with Gasteiger partial charge in [-0.2, -0.15) is 8.78 Å². The van der Waals surface area contributed by atoms with Crippen LogP contribution in [0.25, 0.3) is 0 Å². The molecule has 0 radical (unpaired) electrons. The predicted octanol–water partition coefficient (Wildman–Crippen LogP) is 2.91. The zero-order valence-corrected chi connectivity index (χ0v) is 8.37. The van der Waals surface area contributed by atoms with Gasteiger partial charge in [0.2, 0.25) is 0 Å². The Hall–Kier alpha value is -1.86. The zero-order valence-electron chi connectivity index (χ0n) is 8.37. The second-order valence-corrected chi connectivity index (χ2v) is 3.19. The molecular formula is C9H8F4N2O2. The van der Waals surface area contributed by atoms with E-state index in [0.717, 1.165) is 6.07 Å². The maximum atomic E-state index is 12.6. The molecule has 0 fully saturated rings. The van der Waals surface area contributed by atoms with Gasteiger partial charge in [-0.15, -0.1) is 0 Å². The lowest BCUT2D eigenvalue weighted by molar-refractivity contribution is -0.384. The van der Waals surface area contributed by atoms with E-state index in [-0.39, 0.29) is 5.69 Å². The van der Waals surface area contributed by atoms with Gasteiger partial charge >= 0.3 is 12.3 Å². The first-order valence-corrected chi connectivity index (χ1v) is 4.48. The van der Waals surface area contributed by atoms with Gasteiger partial charge in [0, 0.05) is 6.07 Å². The Morgan fingerprint density at radius 1 is 1.35 bits per heavy atom. The third-order valence-corrected chi connectivity index (χ3v) is 1.93. The Kier molecular flexibility index (Phi) is 3.87. The average Bonchev–Trinajstić information content (AvgIpc) is 2.26. The molecule has 0 aliphatic rings. The summed E-state index contributed by atoms with van der Waals surface area (Å²) in [4.78, 5) is 9.72. The Morgan fingerprint density at radius 3 is 2.47 bits per heavy atom. The van der Waals surface area contributed by atoms with E-state index in [1.165, 1.54) is 18.2 Å². The fourth-order valence-corrected chi connectivity index (χ4v) is 1.07. The molecule has 0 heterocycles. The van der Waals surface area contributed by atoms with Crippen molar-refractivity contribution in [3.63, 3.8) is 0 Å². The zero-order chi connectivity index (χ0) is 13.1. The Labute approximate surface area is 93.4 Å². The van der Waals surface area contributed by atoms with Crippen LogP contribution in [0.2, 0.25) is 0 Å². The van der Waals surface area contributed by atoms with Crippen LogP contribution >= 0.6 is 0 Å². The van der Waals surface area contributed by atoms with E-state index in [1.54, 1.807) is 0 Å². The smallest absolute Gasteiger partial charge is 0.324 e. The summed E-state index contributed by atoms with van der Waals surface area (Å²) in [5.74, 6) is -4.23.